The van der Waals surface area contributed by atoms with Crippen molar-refractivity contribution in [2.75, 3.05) is 6.54 Å². The van der Waals surface area contributed by atoms with E-state index in [-0.39, 0.29) is 5.54 Å². The van der Waals surface area contributed by atoms with Crippen LogP contribution in [0.15, 0.2) is 24.3 Å². The molecule has 0 radical (unpaired) electrons. The number of rotatable bonds is 5. The van der Waals surface area contributed by atoms with Gasteiger partial charge in [0.2, 0.25) is 0 Å². The van der Waals surface area contributed by atoms with E-state index in [1.54, 1.807) is 0 Å². The van der Waals surface area contributed by atoms with Crippen molar-refractivity contribution in [3.63, 3.8) is 0 Å². The second-order valence-corrected chi connectivity index (χ2v) is 7.47. The van der Waals surface area contributed by atoms with Gasteiger partial charge in [0.05, 0.1) is 5.60 Å². The summed E-state index contributed by atoms with van der Waals surface area (Å²) < 4.78 is 1.23. The zero-order valence-electron chi connectivity index (χ0n) is 11.8. The Morgan fingerprint density at radius 2 is 1.67 bits per heavy atom. The van der Waals surface area contributed by atoms with Crippen molar-refractivity contribution >= 4 is 22.6 Å². The molecule has 2 N–H and O–H groups in total. The third-order valence-corrected chi connectivity index (χ3v) is 3.54. The molecule has 1 aromatic carbocycles. The van der Waals surface area contributed by atoms with E-state index in [1.807, 2.05) is 6.92 Å². The summed E-state index contributed by atoms with van der Waals surface area (Å²) in [5.74, 6) is 0. The Morgan fingerprint density at radius 3 is 2.17 bits per heavy atom. The van der Waals surface area contributed by atoms with E-state index in [4.69, 9.17) is 0 Å². The minimum Gasteiger partial charge on any atom is -0.390 e. The Morgan fingerprint density at radius 1 is 1.11 bits per heavy atom. The molecule has 0 heterocycles. The molecule has 102 valence electrons. The van der Waals surface area contributed by atoms with Gasteiger partial charge in [0.15, 0.2) is 0 Å². The fourth-order valence-corrected chi connectivity index (χ4v) is 2.20. The van der Waals surface area contributed by atoms with E-state index in [2.05, 4.69) is 72.9 Å². The smallest absolute Gasteiger partial charge is 0.0672 e. The van der Waals surface area contributed by atoms with Crippen molar-refractivity contribution in [3.8, 4) is 0 Å². The Hall–Kier alpha value is -0.130. The average Bonchev–Trinajstić information content (AvgIpc) is 2.18. The minimum atomic E-state index is -0.648. The van der Waals surface area contributed by atoms with Gasteiger partial charge in [-0.3, -0.25) is 0 Å². The van der Waals surface area contributed by atoms with Crippen LogP contribution in [0.5, 0.6) is 0 Å². The van der Waals surface area contributed by atoms with Gasteiger partial charge in [-0.1, -0.05) is 12.1 Å². The standard InChI is InChI=1S/C15H24INO/c1-14(2,3)17-10-9-15(4,18)11-12-5-7-13(16)8-6-12/h5-8,17-18H,9-11H2,1-4H3. The molecular formula is C15H24INO. The molecule has 0 fully saturated rings. The molecule has 3 heteroatoms. The number of hydrogen-bond donors (Lipinski definition) is 2. The van der Waals surface area contributed by atoms with Crippen molar-refractivity contribution in [2.45, 2.75) is 51.7 Å². The lowest BCUT2D eigenvalue weighted by molar-refractivity contribution is 0.0499. The average molecular weight is 361 g/mol. The predicted octanol–water partition coefficient (Wildman–Crippen LogP) is 3.36. The van der Waals surface area contributed by atoms with E-state index in [1.165, 1.54) is 9.13 Å². The monoisotopic (exact) mass is 361 g/mol. The topological polar surface area (TPSA) is 32.3 Å². The number of benzene rings is 1. The van der Waals surface area contributed by atoms with Crippen molar-refractivity contribution in [3.05, 3.63) is 33.4 Å². The molecule has 0 spiro atoms. The number of nitrogens with one attached hydrogen (secondary N) is 1. The van der Waals surface area contributed by atoms with E-state index >= 15 is 0 Å². The summed E-state index contributed by atoms with van der Waals surface area (Å²) >= 11 is 2.29. The van der Waals surface area contributed by atoms with Gasteiger partial charge in [0.25, 0.3) is 0 Å². The third-order valence-electron chi connectivity index (χ3n) is 2.82. The van der Waals surface area contributed by atoms with E-state index < -0.39 is 5.60 Å². The number of halogens is 1. The Labute approximate surface area is 124 Å². The molecule has 0 aliphatic carbocycles. The van der Waals surface area contributed by atoms with Crippen LogP contribution in [0.2, 0.25) is 0 Å². The zero-order valence-corrected chi connectivity index (χ0v) is 13.9. The van der Waals surface area contributed by atoms with Gasteiger partial charge < -0.3 is 10.4 Å². The molecule has 2 nitrogen and oxygen atoms in total. The summed E-state index contributed by atoms with van der Waals surface area (Å²) in [4.78, 5) is 0. The lowest BCUT2D eigenvalue weighted by atomic mass is 9.93. The molecule has 0 aliphatic rings. The molecule has 0 bridgehead atoms. The molecule has 1 aromatic rings. The van der Waals surface area contributed by atoms with Crippen molar-refractivity contribution in [1.82, 2.24) is 5.32 Å². The van der Waals surface area contributed by atoms with Crippen molar-refractivity contribution in [2.24, 2.45) is 0 Å². The summed E-state index contributed by atoms with van der Waals surface area (Å²) in [5.41, 5.74) is 0.653. The molecule has 0 saturated carbocycles. The predicted molar refractivity (Wildman–Crippen MR) is 85.9 cm³/mol. The van der Waals surface area contributed by atoms with Gasteiger partial charge in [0, 0.05) is 15.5 Å². The maximum Gasteiger partial charge on any atom is 0.0672 e. The Bertz CT molecular complexity index is 365. The first-order valence-corrected chi connectivity index (χ1v) is 7.48. The van der Waals surface area contributed by atoms with Crippen LogP contribution in [-0.4, -0.2) is 22.8 Å². The molecule has 0 aliphatic heterocycles. The van der Waals surface area contributed by atoms with Crippen LogP contribution in [0.25, 0.3) is 0 Å². The van der Waals surface area contributed by atoms with Gasteiger partial charge in [-0.25, -0.2) is 0 Å². The highest BCUT2D eigenvalue weighted by atomic mass is 127. The Balaban J connectivity index is 2.46. The van der Waals surface area contributed by atoms with Crippen LogP contribution in [0, 0.1) is 3.57 Å². The van der Waals surface area contributed by atoms with Crippen LogP contribution >= 0.6 is 22.6 Å². The van der Waals surface area contributed by atoms with Gasteiger partial charge in [-0.05, 0) is 80.9 Å². The lowest BCUT2D eigenvalue weighted by Gasteiger charge is -2.27. The second kappa shape index (κ2) is 6.35. The van der Waals surface area contributed by atoms with Gasteiger partial charge in [0.1, 0.15) is 0 Å². The summed E-state index contributed by atoms with van der Waals surface area (Å²) in [5, 5.41) is 13.8. The maximum absolute atomic E-state index is 10.4. The maximum atomic E-state index is 10.4. The van der Waals surface area contributed by atoms with Crippen LogP contribution < -0.4 is 5.32 Å². The van der Waals surface area contributed by atoms with Crippen LogP contribution in [0.3, 0.4) is 0 Å². The minimum absolute atomic E-state index is 0.110. The van der Waals surface area contributed by atoms with E-state index in [0.717, 1.165) is 13.0 Å². The SMILES string of the molecule is CC(O)(CCNC(C)(C)C)Cc1ccc(I)cc1. The van der Waals surface area contributed by atoms with Crippen molar-refractivity contribution in [1.29, 1.82) is 0 Å². The first-order chi connectivity index (χ1) is 8.18. The van der Waals surface area contributed by atoms with Gasteiger partial charge >= 0.3 is 0 Å². The van der Waals surface area contributed by atoms with E-state index in [9.17, 15) is 5.11 Å². The highest BCUT2D eigenvalue weighted by Gasteiger charge is 2.21. The van der Waals surface area contributed by atoms with Crippen molar-refractivity contribution < 1.29 is 5.11 Å². The molecule has 1 rings (SSSR count). The fraction of sp³-hybridized carbons (Fsp3) is 0.600. The lowest BCUT2D eigenvalue weighted by Crippen LogP contribution is -2.40. The first kappa shape index (κ1) is 15.9. The first-order valence-electron chi connectivity index (χ1n) is 6.40. The molecule has 0 aromatic heterocycles. The largest absolute Gasteiger partial charge is 0.390 e. The Kier molecular flexibility index (Phi) is 5.62. The van der Waals surface area contributed by atoms with Crippen LogP contribution in [-0.2, 0) is 6.42 Å². The highest BCUT2D eigenvalue weighted by molar-refractivity contribution is 14.1. The second-order valence-electron chi connectivity index (χ2n) is 6.23. The molecule has 1 atom stereocenters. The van der Waals surface area contributed by atoms with Gasteiger partial charge in [-0.15, -0.1) is 0 Å². The molecule has 0 saturated heterocycles. The van der Waals surface area contributed by atoms with Crippen LogP contribution in [0.1, 0.15) is 39.7 Å². The summed E-state index contributed by atoms with van der Waals surface area (Å²) in [6, 6.07) is 8.35. The molecule has 0 amide bonds. The van der Waals surface area contributed by atoms with E-state index in [0.29, 0.717) is 6.42 Å². The van der Waals surface area contributed by atoms with Crippen LogP contribution in [0.4, 0.5) is 0 Å². The summed E-state index contributed by atoms with van der Waals surface area (Å²) in [6.07, 6.45) is 1.46. The summed E-state index contributed by atoms with van der Waals surface area (Å²) in [7, 11) is 0. The molecular weight excluding hydrogens is 337 g/mol. The highest BCUT2D eigenvalue weighted by Crippen LogP contribution is 2.18. The number of hydrogen-bond acceptors (Lipinski definition) is 2. The molecule has 18 heavy (non-hydrogen) atoms. The quantitative estimate of drug-likeness (QED) is 0.789. The zero-order chi connectivity index (χ0) is 13.8. The normalized spacial score (nSPS) is 15.4. The van der Waals surface area contributed by atoms with Gasteiger partial charge in [-0.2, -0.15) is 0 Å². The third kappa shape index (κ3) is 6.71. The summed E-state index contributed by atoms with van der Waals surface area (Å²) in [6.45, 7) is 9.17. The number of aliphatic hydroxyl groups is 1. The molecule has 1 unspecified atom stereocenters. The fourth-order valence-electron chi connectivity index (χ4n) is 1.84.